The van der Waals surface area contributed by atoms with Crippen molar-refractivity contribution < 1.29 is 9.59 Å². The molecule has 0 aromatic heterocycles. The Hall–Kier alpha value is -2.18. The number of nitrogens with two attached hydrogens (primary N) is 1. The van der Waals surface area contributed by atoms with Crippen LogP contribution in [0.3, 0.4) is 0 Å². The number of hydrogen-bond donors (Lipinski definition) is 2. The standard InChI is InChI=1S/C20H22ClN3O2S/c21-16-8-6-15(7-9-16)19(14-4-2-1-3-5-14)27-13-18(25)23-17-10-11-24(12-17)20(22)26/h1-9,17,19H,10-13H2,(H2,22,26)(H,23,25)/t17-,19-/m1/s1. The van der Waals surface area contributed by atoms with Crippen molar-refractivity contribution in [3.05, 3.63) is 70.7 Å². The highest BCUT2D eigenvalue weighted by Crippen LogP contribution is 2.35. The number of nitrogens with zero attached hydrogens (tertiary/aromatic N) is 1. The molecule has 7 heteroatoms. The van der Waals surface area contributed by atoms with Gasteiger partial charge in [0.1, 0.15) is 0 Å². The molecule has 1 fully saturated rings. The van der Waals surface area contributed by atoms with Gasteiger partial charge in [0.05, 0.1) is 11.0 Å². The van der Waals surface area contributed by atoms with Crippen LogP contribution < -0.4 is 11.1 Å². The van der Waals surface area contributed by atoms with Crippen LogP contribution >= 0.6 is 23.4 Å². The van der Waals surface area contributed by atoms with Gasteiger partial charge in [-0.25, -0.2) is 4.79 Å². The molecule has 1 aliphatic heterocycles. The van der Waals surface area contributed by atoms with E-state index in [0.29, 0.717) is 23.9 Å². The Labute approximate surface area is 168 Å². The predicted molar refractivity (Wildman–Crippen MR) is 110 cm³/mol. The lowest BCUT2D eigenvalue weighted by Crippen LogP contribution is -2.40. The molecule has 3 N–H and O–H groups in total. The molecule has 142 valence electrons. The van der Waals surface area contributed by atoms with E-state index in [9.17, 15) is 9.59 Å². The smallest absolute Gasteiger partial charge is 0.314 e. The highest BCUT2D eigenvalue weighted by molar-refractivity contribution is 8.00. The Morgan fingerprint density at radius 2 is 1.81 bits per heavy atom. The number of carbonyl (C=O) groups excluding carboxylic acids is 2. The summed E-state index contributed by atoms with van der Waals surface area (Å²) in [6.45, 7) is 1.07. The summed E-state index contributed by atoms with van der Waals surface area (Å²) in [4.78, 5) is 25.2. The molecule has 27 heavy (non-hydrogen) atoms. The van der Waals surface area contributed by atoms with Crippen molar-refractivity contribution in [1.82, 2.24) is 10.2 Å². The summed E-state index contributed by atoms with van der Waals surface area (Å²) >= 11 is 7.58. The third-order valence-electron chi connectivity index (χ3n) is 4.52. The lowest BCUT2D eigenvalue weighted by molar-refractivity contribution is -0.119. The number of amides is 3. The van der Waals surface area contributed by atoms with Crippen LogP contribution in [0.4, 0.5) is 4.79 Å². The van der Waals surface area contributed by atoms with E-state index in [1.807, 2.05) is 42.5 Å². The van der Waals surface area contributed by atoms with E-state index in [0.717, 1.165) is 17.5 Å². The van der Waals surface area contributed by atoms with Crippen molar-refractivity contribution in [2.45, 2.75) is 17.7 Å². The van der Waals surface area contributed by atoms with Crippen LogP contribution in [0.15, 0.2) is 54.6 Å². The Kier molecular flexibility index (Phi) is 6.63. The van der Waals surface area contributed by atoms with Crippen molar-refractivity contribution >= 4 is 35.3 Å². The molecule has 3 amide bonds. The van der Waals surface area contributed by atoms with Gasteiger partial charge in [-0.3, -0.25) is 4.79 Å². The summed E-state index contributed by atoms with van der Waals surface area (Å²) < 4.78 is 0. The van der Waals surface area contributed by atoms with Gasteiger partial charge in [0.2, 0.25) is 5.91 Å². The Morgan fingerprint density at radius 3 is 2.44 bits per heavy atom. The first-order chi connectivity index (χ1) is 13.0. The summed E-state index contributed by atoms with van der Waals surface area (Å²) in [5.41, 5.74) is 7.53. The summed E-state index contributed by atoms with van der Waals surface area (Å²) in [5.74, 6) is 0.293. The quantitative estimate of drug-likeness (QED) is 0.775. The molecule has 2 aromatic rings. The number of nitrogens with one attached hydrogen (secondary N) is 1. The average molecular weight is 404 g/mol. The molecular formula is C20H22ClN3O2S. The highest BCUT2D eigenvalue weighted by Gasteiger charge is 2.26. The van der Waals surface area contributed by atoms with Crippen LogP contribution in [0.2, 0.25) is 5.02 Å². The maximum absolute atomic E-state index is 12.4. The lowest BCUT2D eigenvalue weighted by atomic mass is 10.0. The summed E-state index contributed by atoms with van der Waals surface area (Å²) in [5, 5.41) is 3.73. The predicted octanol–water partition coefficient (Wildman–Crippen LogP) is 3.43. The molecule has 3 rings (SSSR count). The second kappa shape index (κ2) is 9.15. The number of primary amides is 1. The zero-order valence-electron chi connectivity index (χ0n) is 14.8. The zero-order valence-corrected chi connectivity index (χ0v) is 16.4. The third-order valence-corrected chi connectivity index (χ3v) is 6.08. The van der Waals surface area contributed by atoms with Crippen LogP contribution in [-0.4, -0.2) is 41.7 Å². The van der Waals surface area contributed by atoms with E-state index >= 15 is 0 Å². The molecule has 0 saturated carbocycles. The number of hydrogen-bond acceptors (Lipinski definition) is 3. The van der Waals surface area contributed by atoms with E-state index in [-0.39, 0.29) is 17.2 Å². The van der Waals surface area contributed by atoms with E-state index in [4.69, 9.17) is 17.3 Å². The number of benzene rings is 2. The normalized spacial score (nSPS) is 17.5. The molecule has 1 saturated heterocycles. The molecule has 0 bridgehead atoms. The van der Waals surface area contributed by atoms with Crippen LogP contribution in [0, 0.1) is 0 Å². The summed E-state index contributed by atoms with van der Waals surface area (Å²) in [6.07, 6.45) is 0.735. The summed E-state index contributed by atoms with van der Waals surface area (Å²) in [6, 6.07) is 17.3. The first-order valence-corrected chi connectivity index (χ1v) is 10.2. The van der Waals surface area contributed by atoms with Crippen LogP contribution in [-0.2, 0) is 4.79 Å². The molecule has 2 aromatic carbocycles. The topological polar surface area (TPSA) is 75.4 Å². The number of likely N-dealkylation sites (tertiary alicyclic amines) is 1. The fourth-order valence-corrected chi connectivity index (χ4v) is 4.38. The Morgan fingerprint density at radius 1 is 1.15 bits per heavy atom. The molecule has 0 radical (unpaired) electrons. The van der Waals surface area contributed by atoms with Crippen molar-refractivity contribution in [2.75, 3.05) is 18.8 Å². The van der Waals surface area contributed by atoms with Gasteiger partial charge in [0.15, 0.2) is 0 Å². The maximum Gasteiger partial charge on any atom is 0.314 e. The van der Waals surface area contributed by atoms with E-state index in [1.165, 1.54) is 0 Å². The molecule has 2 atom stereocenters. The summed E-state index contributed by atoms with van der Waals surface area (Å²) in [7, 11) is 0. The van der Waals surface area contributed by atoms with Gasteiger partial charge in [-0.2, -0.15) is 0 Å². The molecule has 0 aliphatic carbocycles. The van der Waals surface area contributed by atoms with E-state index in [1.54, 1.807) is 16.7 Å². The first kappa shape index (κ1) is 19.6. The van der Waals surface area contributed by atoms with Gasteiger partial charge in [-0.1, -0.05) is 54.1 Å². The van der Waals surface area contributed by atoms with Crippen LogP contribution in [0.1, 0.15) is 22.8 Å². The number of urea groups is 1. The molecule has 0 unspecified atom stereocenters. The van der Waals surface area contributed by atoms with Gasteiger partial charge in [0.25, 0.3) is 0 Å². The Bertz CT molecular complexity index is 786. The second-order valence-electron chi connectivity index (χ2n) is 6.49. The minimum absolute atomic E-state index is 0.0312. The lowest BCUT2D eigenvalue weighted by Gasteiger charge is -2.19. The van der Waals surface area contributed by atoms with Crippen LogP contribution in [0.5, 0.6) is 0 Å². The Balaban J connectivity index is 1.62. The van der Waals surface area contributed by atoms with Crippen molar-refractivity contribution in [3.8, 4) is 0 Å². The second-order valence-corrected chi connectivity index (χ2v) is 8.02. The van der Waals surface area contributed by atoms with Crippen molar-refractivity contribution in [3.63, 3.8) is 0 Å². The maximum atomic E-state index is 12.4. The van der Waals surface area contributed by atoms with Crippen molar-refractivity contribution in [2.24, 2.45) is 5.73 Å². The number of rotatable bonds is 6. The largest absolute Gasteiger partial charge is 0.351 e. The van der Waals surface area contributed by atoms with Crippen LogP contribution in [0.25, 0.3) is 0 Å². The van der Waals surface area contributed by atoms with Gasteiger partial charge < -0.3 is 16.0 Å². The van der Waals surface area contributed by atoms with Gasteiger partial charge in [-0.15, -0.1) is 11.8 Å². The molecular weight excluding hydrogens is 382 g/mol. The zero-order chi connectivity index (χ0) is 19.2. The van der Waals surface area contributed by atoms with Gasteiger partial charge >= 0.3 is 6.03 Å². The average Bonchev–Trinajstić information content (AvgIpc) is 3.13. The third kappa shape index (κ3) is 5.40. The van der Waals surface area contributed by atoms with Crippen molar-refractivity contribution in [1.29, 1.82) is 0 Å². The fraction of sp³-hybridized carbons (Fsp3) is 0.300. The van der Waals surface area contributed by atoms with Gasteiger partial charge in [-0.05, 0) is 29.7 Å². The first-order valence-electron chi connectivity index (χ1n) is 8.78. The molecule has 0 spiro atoms. The number of thioether (sulfide) groups is 1. The van der Waals surface area contributed by atoms with E-state index < -0.39 is 6.03 Å². The number of carbonyl (C=O) groups is 2. The monoisotopic (exact) mass is 403 g/mol. The SMILES string of the molecule is NC(=O)N1CC[C@@H](NC(=O)CS[C@H](c2ccccc2)c2ccc(Cl)cc2)C1. The molecule has 1 heterocycles. The molecule has 5 nitrogen and oxygen atoms in total. The number of halogens is 1. The van der Waals surface area contributed by atoms with E-state index in [2.05, 4.69) is 17.4 Å². The molecule has 1 aliphatic rings. The minimum Gasteiger partial charge on any atom is -0.351 e. The highest BCUT2D eigenvalue weighted by atomic mass is 35.5. The fourth-order valence-electron chi connectivity index (χ4n) is 3.16. The minimum atomic E-state index is -0.437. The van der Waals surface area contributed by atoms with Gasteiger partial charge in [0, 0.05) is 24.2 Å².